The summed E-state index contributed by atoms with van der Waals surface area (Å²) in [4.78, 5) is 25.4. The van der Waals surface area contributed by atoms with Crippen molar-refractivity contribution in [3.05, 3.63) is 48.6 Å². The van der Waals surface area contributed by atoms with Gasteiger partial charge in [0.1, 0.15) is 6.61 Å². The van der Waals surface area contributed by atoms with Crippen molar-refractivity contribution in [2.45, 2.75) is 284 Å². The molecule has 0 bridgehead atoms. The van der Waals surface area contributed by atoms with Crippen LogP contribution in [0.5, 0.6) is 0 Å². The molecule has 1 unspecified atom stereocenters. The minimum Gasteiger partial charge on any atom is -0.462 e. The number of allylic oxidation sites excluding steroid dienone is 8. The van der Waals surface area contributed by atoms with Crippen molar-refractivity contribution >= 4 is 11.9 Å². The first-order chi connectivity index (χ1) is 30.6. The van der Waals surface area contributed by atoms with Gasteiger partial charge >= 0.3 is 11.9 Å². The first-order valence-electron chi connectivity index (χ1n) is 27.2. The second-order valence-electron chi connectivity index (χ2n) is 18.1. The van der Waals surface area contributed by atoms with Gasteiger partial charge in [0.2, 0.25) is 0 Å². The summed E-state index contributed by atoms with van der Waals surface area (Å²) in [5.41, 5.74) is 0. The Balaban J connectivity index is 4.25. The molecule has 0 radical (unpaired) electrons. The van der Waals surface area contributed by atoms with Crippen LogP contribution in [0.2, 0.25) is 0 Å². The van der Waals surface area contributed by atoms with Gasteiger partial charge in [0, 0.05) is 19.4 Å². The highest BCUT2D eigenvalue weighted by atomic mass is 16.6. The van der Waals surface area contributed by atoms with E-state index >= 15 is 0 Å². The number of esters is 2. The lowest BCUT2D eigenvalue weighted by Crippen LogP contribution is -2.30. The fourth-order valence-electron chi connectivity index (χ4n) is 7.88. The van der Waals surface area contributed by atoms with Crippen LogP contribution in [-0.2, 0) is 23.8 Å². The number of hydrogen-bond acceptors (Lipinski definition) is 5. The molecule has 0 aromatic rings. The number of carbonyl (C=O) groups is 2. The minimum absolute atomic E-state index is 0.0619. The summed E-state index contributed by atoms with van der Waals surface area (Å²) in [6.45, 7) is 7.69. The van der Waals surface area contributed by atoms with E-state index in [-0.39, 0.29) is 25.2 Å². The van der Waals surface area contributed by atoms with E-state index in [1.807, 2.05) is 6.08 Å². The third-order valence-electron chi connectivity index (χ3n) is 11.9. The van der Waals surface area contributed by atoms with Crippen molar-refractivity contribution in [1.29, 1.82) is 0 Å². The quantitative estimate of drug-likeness (QED) is 0.0346. The Labute approximate surface area is 386 Å². The van der Waals surface area contributed by atoms with Crippen LogP contribution < -0.4 is 0 Å². The van der Waals surface area contributed by atoms with Crippen molar-refractivity contribution in [1.82, 2.24) is 0 Å². The number of ether oxygens (including phenoxy) is 3. The van der Waals surface area contributed by atoms with Crippen molar-refractivity contribution in [3.8, 4) is 0 Å². The molecule has 0 aliphatic rings. The molecule has 0 fully saturated rings. The molecule has 0 aromatic carbocycles. The zero-order chi connectivity index (χ0) is 44.9. The molecule has 0 spiro atoms. The van der Waals surface area contributed by atoms with Gasteiger partial charge in [-0.25, -0.2) is 0 Å². The zero-order valence-electron chi connectivity index (χ0n) is 41.6. The highest BCUT2D eigenvalue weighted by molar-refractivity contribution is 5.70. The van der Waals surface area contributed by atoms with Gasteiger partial charge in [-0.15, -0.1) is 0 Å². The van der Waals surface area contributed by atoms with Gasteiger partial charge in [0.15, 0.2) is 6.10 Å². The molecule has 0 aromatic heterocycles. The van der Waals surface area contributed by atoms with E-state index in [4.69, 9.17) is 14.2 Å². The van der Waals surface area contributed by atoms with E-state index in [1.54, 1.807) is 0 Å². The lowest BCUT2D eigenvalue weighted by Gasteiger charge is -2.18. The van der Waals surface area contributed by atoms with Crippen LogP contribution >= 0.6 is 0 Å². The van der Waals surface area contributed by atoms with Crippen molar-refractivity contribution in [2.24, 2.45) is 0 Å². The van der Waals surface area contributed by atoms with Crippen molar-refractivity contribution < 1.29 is 23.8 Å². The standard InChI is InChI=1S/C57H104O5/c1-4-7-10-13-16-19-22-25-27-28-29-30-31-33-35-38-41-44-47-50-56(58)61-54-55(53-60-52-49-46-43-40-37-34-26-23-20-17-14-11-8-5-2)62-57(59)51-48-45-42-39-36-32-24-21-18-15-12-9-6-3/h9,12,18,21,32,36,42,45,55H,4-8,10-11,13-17,19-20,22-31,33-35,37-41,43-44,46-54H2,1-3H3/b12-9-,21-18-,36-32-,45-42-. The summed E-state index contributed by atoms with van der Waals surface area (Å²) in [5, 5.41) is 0. The fourth-order valence-corrected chi connectivity index (χ4v) is 7.88. The monoisotopic (exact) mass is 869 g/mol. The molecule has 5 heteroatoms. The van der Waals surface area contributed by atoms with Gasteiger partial charge in [0.05, 0.1) is 6.61 Å². The Morgan fingerprint density at radius 3 is 1.13 bits per heavy atom. The van der Waals surface area contributed by atoms with Crippen LogP contribution in [0, 0.1) is 0 Å². The topological polar surface area (TPSA) is 61.8 Å². The molecule has 0 rings (SSSR count). The number of carbonyl (C=O) groups excluding carboxylic acids is 2. The van der Waals surface area contributed by atoms with Crippen molar-refractivity contribution in [2.75, 3.05) is 19.8 Å². The predicted molar refractivity (Wildman–Crippen MR) is 270 cm³/mol. The van der Waals surface area contributed by atoms with E-state index in [0.29, 0.717) is 25.9 Å². The highest BCUT2D eigenvalue weighted by Gasteiger charge is 2.17. The van der Waals surface area contributed by atoms with E-state index in [2.05, 4.69) is 63.3 Å². The lowest BCUT2D eigenvalue weighted by atomic mass is 10.0. The molecule has 0 N–H and O–H groups in total. The third kappa shape index (κ3) is 50.5. The first-order valence-corrected chi connectivity index (χ1v) is 27.2. The smallest absolute Gasteiger partial charge is 0.306 e. The minimum atomic E-state index is -0.569. The zero-order valence-corrected chi connectivity index (χ0v) is 41.6. The van der Waals surface area contributed by atoms with Gasteiger partial charge < -0.3 is 14.2 Å². The van der Waals surface area contributed by atoms with Crippen LogP contribution in [0.4, 0.5) is 0 Å². The molecule has 62 heavy (non-hydrogen) atoms. The summed E-state index contributed by atoms with van der Waals surface area (Å²) in [7, 11) is 0. The van der Waals surface area contributed by atoms with E-state index in [9.17, 15) is 9.59 Å². The average Bonchev–Trinajstić information content (AvgIpc) is 3.27. The van der Waals surface area contributed by atoms with E-state index in [0.717, 1.165) is 51.4 Å². The molecule has 5 nitrogen and oxygen atoms in total. The Morgan fingerprint density at radius 1 is 0.371 bits per heavy atom. The van der Waals surface area contributed by atoms with Gasteiger partial charge in [-0.05, 0) is 44.9 Å². The molecule has 0 heterocycles. The molecule has 1 atom stereocenters. The summed E-state index contributed by atoms with van der Waals surface area (Å²) < 4.78 is 17.4. The van der Waals surface area contributed by atoms with Gasteiger partial charge in [0.25, 0.3) is 0 Å². The molecule has 0 saturated heterocycles. The van der Waals surface area contributed by atoms with Crippen molar-refractivity contribution in [3.63, 3.8) is 0 Å². The summed E-state index contributed by atoms with van der Waals surface area (Å²) in [6, 6.07) is 0. The van der Waals surface area contributed by atoms with Crippen LogP contribution in [0.1, 0.15) is 278 Å². The van der Waals surface area contributed by atoms with Crippen LogP contribution in [0.3, 0.4) is 0 Å². The Hall–Kier alpha value is -2.14. The highest BCUT2D eigenvalue weighted by Crippen LogP contribution is 2.16. The number of hydrogen-bond donors (Lipinski definition) is 0. The normalized spacial score (nSPS) is 12.5. The van der Waals surface area contributed by atoms with E-state index in [1.165, 1.54) is 186 Å². The molecular formula is C57H104O5. The van der Waals surface area contributed by atoms with Gasteiger partial charge in [-0.3, -0.25) is 9.59 Å². The second kappa shape index (κ2) is 53.2. The average molecular weight is 869 g/mol. The number of unbranched alkanes of at least 4 members (excludes halogenated alkanes) is 31. The summed E-state index contributed by atoms with van der Waals surface area (Å²) in [5.74, 6) is -0.475. The molecular weight excluding hydrogens is 765 g/mol. The molecule has 0 amide bonds. The lowest BCUT2D eigenvalue weighted by molar-refractivity contribution is -0.162. The maximum Gasteiger partial charge on any atom is 0.306 e. The summed E-state index contributed by atoms with van der Waals surface area (Å²) >= 11 is 0. The van der Waals surface area contributed by atoms with Crippen LogP contribution in [0.15, 0.2) is 48.6 Å². The van der Waals surface area contributed by atoms with Crippen LogP contribution in [-0.4, -0.2) is 37.9 Å². The Bertz CT molecular complexity index is 1030. The Kier molecular flexibility index (Phi) is 51.4. The number of rotatable bonds is 50. The first kappa shape index (κ1) is 59.9. The van der Waals surface area contributed by atoms with Crippen LogP contribution in [0.25, 0.3) is 0 Å². The SMILES string of the molecule is CC/C=C\C/C=C\C/C=C\C/C=C\CCC(=O)OC(COCCCCCCCCCCCCCCCC)COC(=O)CCCCCCCCCCCCCCCCCCCCC. The Morgan fingerprint density at radius 2 is 0.726 bits per heavy atom. The molecule has 362 valence electrons. The fraction of sp³-hybridized carbons (Fsp3) is 0.825. The third-order valence-corrected chi connectivity index (χ3v) is 11.9. The van der Waals surface area contributed by atoms with E-state index < -0.39 is 6.10 Å². The predicted octanol–water partition coefficient (Wildman–Crippen LogP) is 18.3. The maximum atomic E-state index is 12.8. The van der Waals surface area contributed by atoms with Gasteiger partial charge in [-0.2, -0.15) is 0 Å². The van der Waals surface area contributed by atoms with Gasteiger partial charge in [-0.1, -0.05) is 268 Å². The maximum absolute atomic E-state index is 12.8. The summed E-state index contributed by atoms with van der Waals surface area (Å²) in [6.07, 6.45) is 65.7. The molecule has 0 aliphatic carbocycles. The largest absolute Gasteiger partial charge is 0.462 e. The molecule has 0 aliphatic heterocycles. The molecule has 0 saturated carbocycles. The second-order valence-corrected chi connectivity index (χ2v) is 18.1.